The summed E-state index contributed by atoms with van der Waals surface area (Å²) in [7, 11) is 0. The van der Waals surface area contributed by atoms with E-state index in [9.17, 15) is 10.1 Å². The van der Waals surface area contributed by atoms with Gasteiger partial charge in [0.05, 0.1) is 18.9 Å². The molecule has 0 atom stereocenters. The van der Waals surface area contributed by atoms with E-state index in [-0.39, 0.29) is 19.0 Å². The van der Waals surface area contributed by atoms with Gasteiger partial charge < -0.3 is 15.2 Å². The molecule has 0 unspecified atom stereocenters. The summed E-state index contributed by atoms with van der Waals surface area (Å²) in [5.41, 5.74) is 0. The van der Waals surface area contributed by atoms with Gasteiger partial charge >= 0.3 is 5.82 Å². The van der Waals surface area contributed by atoms with E-state index >= 15 is 0 Å². The summed E-state index contributed by atoms with van der Waals surface area (Å²) in [6, 6.07) is 1.29. The number of rotatable bonds is 3. The van der Waals surface area contributed by atoms with Crippen LogP contribution in [-0.4, -0.2) is 26.4 Å². The van der Waals surface area contributed by atoms with Crippen LogP contribution in [0.1, 0.15) is 0 Å². The maximum atomic E-state index is 10.2. The molecule has 0 spiro atoms. The zero-order chi connectivity index (χ0) is 8.27. The van der Waals surface area contributed by atoms with Gasteiger partial charge in [-0.05, 0) is 4.92 Å². The van der Waals surface area contributed by atoms with Crippen molar-refractivity contribution in [1.29, 1.82) is 0 Å². The number of hydrogen-bond donors (Lipinski definition) is 1. The Labute approximate surface area is 62.2 Å². The van der Waals surface area contributed by atoms with Crippen LogP contribution in [-0.2, 0) is 6.54 Å². The first-order valence-electron chi connectivity index (χ1n) is 3.03. The van der Waals surface area contributed by atoms with Crippen LogP contribution in [0.4, 0.5) is 5.82 Å². The molecular formula is C5H7N3O3. The Morgan fingerprint density at radius 1 is 1.82 bits per heavy atom. The standard InChI is InChI=1S/C5H7N3O3/c9-4-3-7-5(8(10)11)1-2-6-7/h1-2,9H,3-4H2. The molecule has 0 aliphatic carbocycles. The van der Waals surface area contributed by atoms with Crippen molar-refractivity contribution in [2.75, 3.05) is 6.61 Å². The quantitative estimate of drug-likeness (QED) is 0.486. The summed E-state index contributed by atoms with van der Waals surface area (Å²) in [5.74, 6) is -0.0981. The summed E-state index contributed by atoms with van der Waals surface area (Å²) in [5, 5.41) is 22.3. The molecule has 1 aromatic heterocycles. The van der Waals surface area contributed by atoms with Crippen LogP contribution in [0.3, 0.4) is 0 Å². The SMILES string of the molecule is O=[N+]([O-])c1ccnn1CCO. The predicted molar refractivity (Wildman–Crippen MR) is 36.0 cm³/mol. The number of nitrogens with zero attached hydrogens (tertiary/aromatic N) is 3. The van der Waals surface area contributed by atoms with E-state index in [0.29, 0.717) is 0 Å². The zero-order valence-electron chi connectivity index (χ0n) is 5.67. The summed E-state index contributed by atoms with van der Waals surface area (Å²) in [6.07, 6.45) is 1.33. The van der Waals surface area contributed by atoms with Gasteiger partial charge in [-0.25, -0.2) is 0 Å². The van der Waals surface area contributed by atoms with Crippen LogP contribution >= 0.6 is 0 Å². The highest BCUT2D eigenvalue weighted by Crippen LogP contribution is 2.07. The molecule has 0 aromatic carbocycles. The fourth-order valence-corrected chi connectivity index (χ4v) is 0.748. The molecule has 1 N–H and O–H groups in total. The average Bonchev–Trinajstić information content (AvgIpc) is 2.36. The molecular weight excluding hydrogens is 150 g/mol. The lowest BCUT2D eigenvalue weighted by Gasteiger charge is -1.94. The van der Waals surface area contributed by atoms with Crippen LogP contribution < -0.4 is 0 Å². The van der Waals surface area contributed by atoms with Crippen LogP contribution in [0.15, 0.2) is 12.3 Å². The highest BCUT2D eigenvalue weighted by molar-refractivity contribution is 5.15. The van der Waals surface area contributed by atoms with E-state index in [1.807, 2.05) is 0 Å². The molecule has 0 aliphatic rings. The molecule has 6 nitrogen and oxygen atoms in total. The lowest BCUT2D eigenvalue weighted by molar-refractivity contribution is -0.392. The third-order valence-corrected chi connectivity index (χ3v) is 1.19. The largest absolute Gasteiger partial charge is 0.392 e. The number of hydrogen-bond acceptors (Lipinski definition) is 4. The van der Waals surface area contributed by atoms with Crippen molar-refractivity contribution >= 4 is 5.82 Å². The molecule has 1 heterocycles. The molecule has 1 rings (SSSR count). The molecule has 6 heteroatoms. The average molecular weight is 157 g/mol. The smallest absolute Gasteiger partial charge is 0.344 e. The van der Waals surface area contributed by atoms with E-state index in [2.05, 4.69) is 5.10 Å². The molecule has 0 bridgehead atoms. The maximum Gasteiger partial charge on any atom is 0.344 e. The first kappa shape index (κ1) is 7.67. The molecule has 0 radical (unpaired) electrons. The van der Waals surface area contributed by atoms with Crippen LogP contribution in [0.5, 0.6) is 0 Å². The Kier molecular flexibility index (Phi) is 2.17. The third kappa shape index (κ3) is 1.53. The van der Waals surface area contributed by atoms with Gasteiger partial charge in [0.2, 0.25) is 0 Å². The van der Waals surface area contributed by atoms with Crippen molar-refractivity contribution in [1.82, 2.24) is 9.78 Å². The van der Waals surface area contributed by atoms with Gasteiger partial charge in [0.15, 0.2) is 0 Å². The van der Waals surface area contributed by atoms with Gasteiger partial charge in [-0.2, -0.15) is 0 Å². The second kappa shape index (κ2) is 3.11. The topological polar surface area (TPSA) is 81.2 Å². The van der Waals surface area contributed by atoms with Crippen molar-refractivity contribution in [3.63, 3.8) is 0 Å². The van der Waals surface area contributed by atoms with Gasteiger partial charge in [-0.15, -0.1) is 4.68 Å². The molecule has 11 heavy (non-hydrogen) atoms. The van der Waals surface area contributed by atoms with Crippen LogP contribution in [0, 0.1) is 10.1 Å². The minimum atomic E-state index is -0.539. The van der Waals surface area contributed by atoms with Crippen molar-refractivity contribution in [2.45, 2.75) is 6.54 Å². The zero-order valence-corrected chi connectivity index (χ0v) is 5.67. The molecule has 0 fully saturated rings. The first-order chi connectivity index (χ1) is 5.25. The molecule has 0 saturated carbocycles. The minimum absolute atomic E-state index is 0.0981. The minimum Gasteiger partial charge on any atom is -0.392 e. The molecule has 0 amide bonds. The second-order valence-electron chi connectivity index (χ2n) is 1.89. The Morgan fingerprint density at radius 2 is 2.55 bits per heavy atom. The predicted octanol–water partition coefficient (Wildman–Crippen LogP) is -0.216. The van der Waals surface area contributed by atoms with Gasteiger partial charge in [0.1, 0.15) is 6.54 Å². The number of nitro groups is 1. The van der Waals surface area contributed by atoms with Crippen LogP contribution in [0.25, 0.3) is 0 Å². The molecule has 1 aromatic rings. The van der Waals surface area contributed by atoms with Crippen molar-refractivity contribution in [3.05, 3.63) is 22.4 Å². The Hall–Kier alpha value is -1.43. The van der Waals surface area contributed by atoms with Gasteiger partial charge in [-0.3, -0.25) is 0 Å². The maximum absolute atomic E-state index is 10.2. The number of aliphatic hydroxyl groups is 1. The normalized spacial score (nSPS) is 9.91. The summed E-state index contributed by atoms with van der Waals surface area (Å²) < 4.78 is 1.14. The first-order valence-corrected chi connectivity index (χ1v) is 3.03. The molecule has 0 aliphatic heterocycles. The second-order valence-corrected chi connectivity index (χ2v) is 1.89. The molecule has 60 valence electrons. The highest BCUT2D eigenvalue weighted by atomic mass is 16.6. The Balaban J connectivity index is 2.87. The van der Waals surface area contributed by atoms with Gasteiger partial charge in [-0.1, -0.05) is 5.10 Å². The van der Waals surface area contributed by atoms with Crippen molar-refractivity contribution in [2.24, 2.45) is 0 Å². The van der Waals surface area contributed by atoms with Crippen molar-refractivity contribution < 1.29 is 10.0 Å². The number of aliphatic hydroxyl groups excluding tert-OH is 1. The van der Waals surface area contributed by atoms with Gasteiger partial charge in [0, 0.05) is 0 Å². The van der Waals surface area contributed by atoms with Gasteiger partial charge in [0.25, 0.3) is 0 Å². The highest BCUT2D eigenvalue weighted by Gasteiger charge is 2.11. The van der Waals surface area contributed by atoms with E-state index in [1.165, 1.54) is 12.3 Å². The van der Waals surface area contributed by atoms with E-state index in [1.54, 1.807) is 0 Å². The third-order valence-electron chi connectivity index (χ3n) is 1.19. The van der Waals surface area contributed by atoms with E-state index < -0.39 is 4.92 Å². The lowest BCUT2D eigenvalue weighted by Crippen LogP contribution is -2.07. The fraction of sp³-hybridized carbons (Fsp3) is 0.400. The van der Waals surface area contributed by atoms with Crippen LogP contribution in [0.2, 0.25) is 0 Å². The Bertz CT molecular complexity index is 257. The summed E-state index contributed by atoms with van der Waals surface area (Å²) in [4.78, 5) is 9.68. The summed E-state index contributed by atoms with van der Waals surface area (Å²) >= 11 is 0. The monoisotopic (exact) mass is 157 g/mol. The van der Waals surface area contributed by atoms with Crippen molar-refractivity contribution in [3.8, 4) is 0 Å². The van der Waals surface area contributed by atoms with E-state index in [4.69, 9.17) is 5.11 Å². The fourth-order valence-electron chi connectivity index (χ4n) is 0.748. The van der Waals surface area contributed by atoms with E-state index in [0.717, 1.165) is 4.68 Å². The Morgan fingerprint density at radius 3 is 3.09 bits per heavy atom. The summed E-state index contributed by atoms with van der Waals surface area (Å²) in [6.45, 7) is 0.00579. The molecule has 0 saturated heterocycles. The number of aromatic nitrogens is 2. The lowest BCUT2D eigenvalue weighted by atomic mass is 10.6.